The smallest absolute Gasteiger partial charge is 0.216 e. The second kappa shape index (κ2) is 7.13. The molecule has 0 bridgehead atoms. The van der Waals surface area contributed by atoms with Gasteiger partial charge < -0.3 is 5.32 Å². The number of sulfonamides is 1. The van der Waals surface area contributed by atoms with E-state index >= 15 is 0 Å². The van der Waals surface area contributed by atoms with Gasteiger partial charge in [0.05, 0.1) is 17.0 Å². The molecule has 0 aliphatic rings. The van der Waals surface area contributed by atoms with Crippen molar-refractivity contribution in [3.63, 3.8) is 0 Å². The number of nitrogens with zero attached hydrogens (tertiary/aromatic N) is 1. The maximum Gasteiger partial charge on any atom is 0.216 e. The molecule has 1 heterocycles. The Kier molecular flexibility index (Phi) is 5.46. The fourth-order valence-electron chi connectivity index (χ4n) is 1.90. The number of aryl methyl sites for hydroxylation is 1. The summed E-state index contributed by atoms with van der Waals surface area (Å²) in [5.41, 5.74) is 4.51. The molecule has 0 fully saturated rings. The van der Waals surface area contributed by atoms with Gasteiger partial charge in [-0.3, -0.25) is 0 Å². The molecule has 0 aliphatic heterocycles. The monoisotopic (exact) mass is 325 g/mol. The second-order valence-corrected chi connectivity index (χ2v) is 7.53. The van der Waals surface area contributed by atoms with E-state index in [0.29, 0.717) is 6.54 Å². The lowest BCUT2D eigenvalue weighted by Crippen LogP contribution is -2.24. The topological polar surface area (TPSA) is 71.1 Å². The van der Waals surface area contributed by atoms with Crippen LogP contribution < -0.4 is 10.0 Å². The fourth-order valence-corrected chi connectivity index (χ4v) is 3.81. The van der Waals surface area contributed by atoms with Crippen LogP contribution in [0.25, 0.3) is 0 Å². The SMILES string of the molecule is CNCc1ccc(CS(=O)(=O)NCc2scnc2C)cc1. The van der Waals surface area contributed by atoms with Crippen molar-refractivity contribution in [2.75, 3.05) is 7.05 Å². The third kappa shape index (κ3) is 4.89. The van der Waals surface area contributed by atoms with Gasteiger partial charge >= 0.3 is 0 Å². The van der Waals surface area contributed by atoms with Gasteiger partial charge in [-0.25, -0.2) is 18.1 Å². The minimum absolute atomic E-state index is 0.00924. The molecule has 5 nitrogen and oxygen atoms in total. The summed E-state index contributed by atoms with van der Waals surface area (Å²) in [6.45, 7) is 2.95. The first-order valence-corrected chi connectivity index (χ1v) is 9.12. The van der Waals surface area contributed by atoms with Crippen LogP contribution in [-0.2, 0) is 28.9 Å². The van der Waals surface area contributed by atoms with Gasteiger partial charge in [0.1, 0.15) is 0 Å². The molecule has 0 saturated carbocycles. The Balaban J connectivity index is 1.95. The first kappa shape index (κ1) is 16.1. The van der Waals surface area contributed by atoms with Crippen LogP contribution in [0.2, 0.25) is 0 Å². The van der Waals surface area contributed by atoms with Crippen molar-refractivity contribution in [3.8, 4) is 0 Å². The van der Waals surface area contributed by atoms with Gasteiger partial charge in [0.25, 0.3) is 0 Å². The molecular weight excluding hydrogens is 306 g/mol. The second-order valence-electron chi connectivity index (χ2n) is 4.79. The van der Waals surface area contributed by atoms with Gasteiger partial charge in [-0.1, -0.05) is 24.3 Å². The van der Waals surface area contributed by atoms with Gasteiger partial charge in [0, 0.05) is 18.0 Å². The minimum atomic E-state index is -3.34. The van der Waals surface area contributed by atoms with E-state index in [4.69, 9.17) is 0 Å². The highest BCUT2D eigenvalue weighted by molar-refractivity contribution is 7.88. The Hall–Kier alpha value is -1.28. The molecule has 7 heteroatoms. The summed E-state index contributed by atoms with van der Waals surface area (Å²) < 4.78 is 26.8. The van der Waals surface area contributed by atoms with Crippen LogP contribution in [0.4, 0.5) is 0 Å². The highest BCUT2D eigenvalue weighted by Crippen LogP contribution is 2.13. The largest absolute Gasteiger partial charge is 0.316 e. The van der Waals surface area contributed by atoms with Crippen molar-refractivity contribution >= 4 is 21.4 Å². The van der Waals surface area contributed by atoms with Crippen molar-refractivity contribution in [2.45, 2.75) is 25.8 Å². The number of rotatable bonds is 7. The van der Waals surface area contributed by atoms with E-state index in [1.807, 2.05) is 38.2 Å². The summed E-state index contributed by atoms with van der Waals surface area (Å²) in [7, 11) is -1.46. The lowest BCUT2D eigenvalue weighted by atomic mass is 10.1. The Morgan fingerprint density at radius 1 is 1.14 bits per heavy atom. The summed E-state index contributed by atoms with van der Waals surface area (Å²) in [5.74, 6) is -0.00924. The van der Waals surface area contributed by atoms with E-state index in [2.05, 4.69) is 15.0 Å². The van der Waals surface area contributed by atoms with E-state index in [-0.39, 0.29) is 5.75 Å². The van der Waals surface area contributed by atoms with E-state index in [0.717, 1.165) is 28.2 Å². The molecule has 0 amide bonds. The molecule has 0 aliphatic carbocycles. The van der Waals surface area contributed by atoms with Crippen molar-refractivity contribution < 1.29 is 8.42 Å². The molecule has 0 atom stereocenters. The highest BCUT2D eigenvalue weighted by atomic mass is 32.2. The van der Waals surface area contributed by atoms with Crippen LogP contribution >= 0.6 is 11.3 Å². The Morgan fingerprint density at radius 3 is 2.38 bits per heavy atom. The van der Waals surface area contributed by atoms with Gasteiger partial charge in [-0.05, 0) is 25.1 Å². The predicted octanol–water partition coefficient (Wildman–Crippen LogP) is 1.79. The van der Waals surface area contributed by atoms with Gasteiger partial charge in [0.2, 0.25) is 10.0 Å². The van der Waals surface area contributed by atoms with E-state index in [9.17, 15) is 8.42 Å². The van der Waals surface area contributed by atoms with Crippen molar-refractivity contribution in [1.82, 2.24) is 15.0 Å². The third-order valence-corrected chi connectivity index (χ3v) is 5.29. The summed E-state index contributed by atoms with van der Waals surface area (Å²) in [5, 5.41) is 3.06. The number of hydrogen-bond acceptors (Lipinski definition) is 5. The van der Waals surface area contributed by atoms with Crippen LogP contribution in [0.5, 0.6) is 0 Å². The lowest BCUT2D eigenvalue weighted by molar-refractivity contribution is 0.581. The number of hydrogen-bond donors (Lipinski definition) is 2. The Bertz CT molecular complexity index is 678. The van der Waals surface area contributed by atoms with Crippen LogP contribution in [-0.4, -0.2) is 20.4 Å². The predicted molar refractivity (Wildman–Crippen MR) is 85.5 cm³/mol. The number of nitrogens with one attached hydrogen (secondary N) is 2. The zero-order valence-electron chi connectivity index (χ0n) is 12.1. The minimum Gasteiger partial charge on any atom is -0.316 e. The number of benzene rings is 1. The first-order chi connectivity index (χ1) is 10.00. The van der Waals surface area contributed by atoms with Gasteiger partial charge in [-0.2, -0.15) is 0 Å². The Morgan fingerprint density at radius 2 is 1.81 bits per heavy atom. The molecule has 1 aromatic carbocycles. The van der Waals surface area contributed by atoms with E-state index in [1.165, 1.54) is 11.3 Å². The molecule has 2 aromatic rings. The third-order valence-electron chi connectivity index (χ3n) is 3.06. The zero-order chi connectivity index (χ0) is 15.3. The molecule has 2 rings (SSSR count). The average Bonchev–Trinajstić information content (AvgIpc) is 2.84. The zero-order valence-corrected chi connectivity index (χ0v) is 13.7. The summed E-state index contributed by atoms with van der Waals surface area (Å²) in [6, 6.07) is 7.58. The molecular formula is C14H19N3O2S2. The number of aromatic nitrogens is 1. The summed E-state index contributed by atoms with van der Waals surface area (Å²) in [4.78, 5) is 5.05. The van der Waals surface area contributed by atoms with Crippen molar-refractivity contribution in [3.05, 3.63) is 51.5 Å². The van der Waals surface area contributed by atoms with Crippen LogP contribution in [0.15, 0.2) is 29.8 Å². The molecule has 114 valence electrons. The number of thiazole rings is 1. The molecule has 0 unspecified atom stereocenters. The van der Waals surface area contributed by atoms with Crippen LogP contribution in [0.1, 0.15) is 21.7 Å². The normalized spacial score (nSPS) is 11.7. The van der Waals surface area contributed by atoms with Crippen molar-refractivity contribution in [2.24, 2.45) is 0 Å². The molecule has 0 spiro atoms. The van der Waals surface area contributed by atoms with E-state index < -0.39 is 10.0 Å². The molecule has 2 N–H and O–H groups in total. The van der Waals surface area contributed by atoms with E-state index in [1.54, 1.807) is 5.51 Å². The highest BCUT2D eigenvalue weighted by Gasteiger charge is 2.12. The summed E-state index contributed by atoms with van der Waals surface area (Å²) >= 11 is 1.46. The summed E-state index contributed by atoms with van der Waals surface area (Å²) in [6.07, 6.45) is 0. The van der Waals surface area contributed by atoms with Gasteiger partial charge in [0.15, 0.2) is 0 Å². The molecule has 1 aromatic heterocycles. The quantitative estimate of drug-likeness (QED) is 0.814. The Labute approximate surface area is 129 Å². The molecule has 0 saturated heterocycles. The molecule has 0 radical (unpaired) electrons. The fraction of sp³-hybridized carbons (Fsp3) is 0.357. The first-order valence-electron chi connectivity index (χ1n) is 6.59. The lowest BCUT2D eigenvalue weighted by Gasteiger charge is -2.07. The molecule has 21 heavy (non-hydrogen) atoms. The average molecular weight is 325 g/mol. The maximum absolute atomic E-state index is 12.1. The van der Waals surface area contributed by atoms with Crippen molar-refractivity contribution in [1.29, 1.82) is 0 Å². The maximum atomic E-state index is 12.1. The van der Waals surface area contributed by atoms with Crippen LogP contribution in [0, 0.1) is 6.92 Å². The van der Waals surface area contributed by atoms with Gasteiger partial charge in [-0.15, -0.1) is 11.3 Å². The standard InChI is InChI=1S/C14H19N3O2S2/c1-11-14(20-10-16-11)8-17-21(18,19)9-13-5-3-12(4-6-13)7-15-2/h3-6,10,15,17H,7-9H2,1-2H3. The van der Waals surface area contributed by atoms with Crippen LogP contribution in [0.3, 0.4) is 0 Å².